The van der Waals surface area contributed by atoms with E-state index in [2.05, 4.69) is 10.6 Å². The quantitative estimate of drug-likeness (QED) is 0.815. The Labute approximate surface area is 145 Å². The molecule has 2 aromatic carbocycles. The highest BCUT2D eigenvalue weighted by molar-refractivity contribution is 7.80. The zero-order valence-electron chi connectivity index (χ0n) is 12.4. The first-order valence-electron chi connectivity index (χ1n) is 7.36. The van der Waals surface area contributed by atoms with Crippen LogP contribution in [-0.4, -0.2) is 17.6 Å². The minimum Gasteiger partial charge on any atom is -0.332 e. The lowest BCUT2D eigenvalue weighted by Gasteiger charge is -2.16. The summed E-state index contributed by atoms with van der Waals surface area (Å²) in [5.74, 6) is 0.186. The Balaban J connectivity index is 1.60. The highest BCUT2D eigenvalue weighted by Gasteiger charge is 2.21. The summed E-state index contributed by atoms with van der Waals surface area (Å²) in [6.45, 7) is 0.794. The summed E-state index contributed by atoms with van der Waals surface area (Å²) in [5, 5.41) is 7.39. The van der Waals surface area contributed by atoms with Gasteiger partial charge in [-0.2, -0.15) is 0 Å². The molecular weight excluding hydrogens is 330 g/mol. The lowest BCUT2D eigenvalue weighted by molar-refractivity contribution is -0.117. The zero-order valence-corrected chi connectivity index (χ0v) is 14.0. The molecule has 0 bridgehead atoms. The highest BCUT2D eigenvalue weighted by Crippen LogP contribution is 2.23. The van der Waals surface area contributed by atoms with Crippen LogP contribution in [0.5, 0.6) is 0 Å². The molecule has 4 nitrogen and oxygen atoms in total. The van der Waals surface area contributed by atoms with E-state index in [1.807, 2.05) is 41.3 Å². The van der Waals surface area contributed by atoms with Crippen LogP contribution >= 0.6 is 23.8 Å². The van der Waals surface area contributed by atoms with Crippen LogP contribution in [0.25, 0.3) is 0 Å². The first-order valence-corrected chi connectivity index (χ1v) is 8.14. The molecule has 2 aromatic rings. The molecule has 0 atom stereocenters. The molecule has 3 rings (SSSR count). The Morgan fingerprint density at radius 1 is 1.00 bits per heavy atom. The minimum absolute atomic E-state index is 0.186. The molecule has 1 amide bonds. The summed E-state index contributed by atoms with van der Waals surface area (Å²) in [4.78, 5) is 13.5. The normalized spacial score (nSPS) is 14.0. The number of nitrogens with one attached hydrogen (secondary N) is 2. The Morgan fingerprint density at radius 3 is 2.09 bits per heavy atom. The Morgan fingerprint density at radius 2 is 1.57 bits per heavy atom. The summed E-state index contributed by atoms with van der Waals surface area (Å²) in [6, 6.07) is 15.0. The summed E-state index contributed by atoms with van der Waals surface area (Å²) in [5.41, 5.74) is 2.66. The van der Waals surface area contributed by atoms with E-state index in [-0.39, 0.29) is 5.91 Å². The van der Waals surface area contributed by atoms with Gasteiger partial charge >= 0.3 is 0 Å². The van der Waals surface area contributed by atoms with E-state index in [1.165, 1.54) is 0 Å². The smallest absolute Gasteiger partial charge is 0.227 e. The zero-order chi connectivity index (χ0) is 16.2. The number of anilines is 3. The molecule has 0 unspecified atom stereocenters. The molecule has 0 saturated carbocycles. The van der Waals surface area contributed by atoms with Crippen LogP contribution in [0.2, 0.25) is 5.02 Å². The average Bonchev–Trinajstić information content (AvgIpc) is 2.96. The number of carbonyl (C=O) groups excluding carboxylic acids is 1. The van der Waals surface area contributed by atoms with Gasteiger partial charge in [-0.05, 0) is 67.2 Å². The van der Waals surface area contributed by atoms with Gasteiger partial charge in [-0.25, -0.2) is 0 Å². The number of nitrogens with zero attached hydrogens (tertiary/aromatic N) is 1. The lowest BCUT2D eigenvalue weighted by atomic mass is 10.2. The number of amides is 1. The predicted octanol–water partition coefficient (Wildman–Crippen LogP) is 4.28. The molecule has 23 heavy (non-hydrogen) atoms. The number of thiocarbonyl (C=S) groups is 1. The summed E-state index contributed by atoms with van der Waals surface area (Å²) in [6.07, 6.45) is 1.56. The molecule has 0 spiro atoms. The molecule has 1 fully saturated rings. The van der Waals surface area contributed by atoms with Crippen LogP contribution in [0.4, 0.5) is 17.1 Å². The summed E-state index contributed by atoms with van der Waals surface area (Å²) >= 11 is 11.1. The van der Waals surface area contributed by atoms with Gasteiger partial charge in [-0.3, -0.25) is 4.79 Å². The molecule has 1 aliphatic rings. The summed E-state index contributed by atoms with van der Waals surface area (Å²) < 4.78 is 0. The molecule has 0 radical (unpaired) electrons. The molecule has 2 N–H and O–H groups in total. The van der Waals surface area contributed by atoms with Crippen LogP contribution in [0.3, 0.4) is 0 Å². The van der Waals surface area contributed by atoms with Crippen LogP contribution in [0.15, 0.2) is 48.5 Å². The Kier molecular flexibility index (Phi) is 4.79. The number of hydrogen-bond acceptors (Lipinski definition) is 2. The molecule has 1 aliphatic heterocycles. The van der Waals surface area contributed by atoms with Crippen molar-refractivity contribution >= 4 is 51.9 Å². The summed E-state index contributed by atoms with van der Waals surface area (Å²) in [7, 11) is 0. The second-order valence-corrected chi connectivity index (χ2v) is 6.13. The SMILES string of the molecule is O=C1CCCN1c1ccc(NC(=S)Nc2ccc(Cl)cc2)cc1. The topological polar surface area (TPSA) is 44.4 Å². The van der Waals surface area contributed by atoms with Crippen molar-refractivity contribution in [3.63, 3.8) is 0 Å². The van der Waals surface area contributed by atoms with Gasteiger partial charge in [0.25, 0.3) is 0 Å². The molecule has 1 heterocycles. The largest absolute Gasteiger partial charge is 0.332 e. The van der Waals surface area contributed by atoms with Crippen molar-refractivity contribution in [2.75, 3.05) is 22.1 Å². The van der Waals surface area contributed by atoms with Crippen molar-refractivity contribution in [2.45, 2.75) is 12.8 Å². The highest BCUT2D eigenvalue weighted by atomic mass is 35.5. The van der Waals surface area contributed by atoms with Crippen molar-refractivity contribution in [1.29, 1.82) is 0 Å². The van der Waals surface area contributed by atoms with Gasteiger partial charge in [0.2, 0.25) is 5.91 Å². The standard InChI is InChI=1S/C17H16ClN3OS/c18-12-3-5-13(6-4-12)19-17(23)20-14-7-9-15(10-8-14)21-11-1-2-16(21)22/h3-10H,1-2,11H2,(H2,19,20,23). The third-order valence-corrected chi connectivity index (χ3v) is 4.07. The van der Waals surface area contributed by atoms with Gasteiger partial charge in [0.15, 0.2) is 5.11 Å². The van der Waals surface area contributed by atoms with Gasteiger partial charge in [0.1, 0.15) is 0 Å². The van der Waals surface area contributed by atoms with E-state index in [4.69, 9.17) is 23.8 Å². The van der Waals surface area contributed by atoms with Gasteiger partial charge in [-0.15, -0.1) is 0 Å². The predicted molar refractivity (Wildman–Crippen MR) is 99.3 cm³/mol. The third-order valence-electron chi connectivity index (χ3n) is 3.61. The van der Waals surface area contributed by atoms with Gasteiger partial charge < -0.3 is 15.5 Å². The molecule has 0 aromatic heterocycles. The van der Waals surface area contributed by atoms with E-state index < -0.39 is 0 Å². The first kappa shape index (κ1) is 15.8. The van der Waals surface area contributed by atoms with E-state index in [9.17, 15) is 4.79 Å². The van der Waals surface area contributed by atoms with Crippen molar-refractivity contribution in [3.05, 3.63) is 53.6 Å². The van der Waals surface area contributed by atoms with E-state index >= 15 is 0 Å². The monoisotopic (exact) mass is 345 g/mol. The van der Waals surface area contributed by atoms with E-state index in [0.29, 0.717) is 16.6 Å². The molecule has 6 heteroatoms. The minimum atomic E-state index is 0.186. The fourth-order valence-corrected chi connectivity index (χ4v) is 2.83. The maximum Gasteiger partial charge on any atom is 0.227 e. The van der Waals surface area contributed by atoms with Crippen LogP contribution in [0, 0.1) is 0 Å². The van der Waals surface area contributed by atoms with Gasteiger partial charge in [-0.1, -0.05) is 11.6 Å². The van der Waals surface area contributed by atoms with Crippen molar-refractivity contribution in [2.24, 2.45) is 0 Å². The van der Waals surface area contributed by atoms with E-state index in [0.717, 1.165) is 30.0 Å². The number of benzene rings is 2. The second-order valence-electron chi connectivity index (χ2n) is 5.28. The molecular formula is C17H16ClN3OS. The van der Waals surface area contributed by atoms with Gasteiger partial charge in [0, 0.05) is 35.1 Å². The number of hydrogen-bond donors (Lipinski definition) is 2. The number of rotatable bonds is 3. The Hall–Kier alpha value is -2.11. The first-order chi connectivity index (χ1) is 11.1. The molecule has 0 aliphatic carbocycles. The van der Waals surface area contributed by atoms with Crippen molar-refractivity contribution in [1.82, 2.24) is 0 Å². The lowest BCUT2D eigenvalue weighted by Crippen LogP contribution is -2.23. The average molecular weight is 346 g/mol. The number of halogens is 1. The maximum absolute atomic E-state index is 11.7. The molecule has 118 valence electrons. The Bertz CT molecular complexity index is 716. The fourth-order valence-electron chi connectivity index (χ4n) is 2.47. The second kappa shape index (κ2) is 6.98. The van der Waals surface area contributed by atoms with Crippen LogP contribution in [-0.2, 0) is 4.79 Å². The fraction of sp³-hybridized carbons (Fsp3) is 0.176. The number of carbonyl (C=O) groups is 1. The van der Waals surface area contributed by atoms with Gasteiger partial charge in [0.05, 0.1) is 0 Å². The maximum atomic E-state index is 11.7. The van der Waals surface area contributed by atoms with Crippen LogP contribution < -0.4 is 15.5 Å². The molecule has 1 saturated heterocycles. The third kappa shape index (κ3) is 4.00. The van der Waals surface area contributed by atoms with Crippen LogP contribution in [0.1, 0.15) is 12.8 Å². The van der Waals surface area contributed by atoms with E-state index in [1.54, 1.807) is 12.1 Å². The van der Waals surface area contributed by atoms with Crippen molar-refractivity contribution in [3.8, 4) is 0 Å². The van der Waals surface area contributed by atoms with Crippen molar-refractivity contribution < 1.29 is 4.79 Å².